The zero-order valence-corrected chi connectivity index (χ0v) is 8.14. The quantitative estimate of drug-likeness (QED) is 0.674. The van der Waals surface area contributed by atoms with Crippen LogP contribution in [0.2, 0.25) is 0 Å². The Bertz CT molecular complexity index is 323. The van der Waals surface area contributed by atoms with E-state index in [0.29, 0.717) is 13.3 Å². The van der Waals surface area contributed by atoms with Crippen molar-refractivity contribution in [2.45, 2.75) is 13.0 Å². The lowest BCUT2D eigenvalue weighted by Crippen LogP contribution is -2.28. The van der Waals surface area contributed by atoms with Crippen LogP contribution >= 0.6 is 0 Å². The summed E-state index contributed by atoms with van der Waals surface area (Å²) in [5.74, 6) is 0.0661. The van der Waals surface area contributed by atoms with Crippen molar-refractivity contribution < 1.29 is 9.53 Å². The molecular weight excluding hydrogens is 178 g/mol. The molecule has 0 radical (unpaired) electrons. The van der Waals surface area contributed by atoms with E-state index >= 15 is 0 Å². The zero-order valence-electron chi connectivity index (χ0n) is 8.14. The van der Waals surface area contributed by atoms with Crippen LogP contribution in [0.5, 0.6) is 0 Å². The Morgan fingerprint density at radius 1 is 1.43 bits per heavy atom. The summed E-state index contributed by atoms with van der Waals surface area (Å²) in [4.78, 5) is 13.0. The van der Waals surface area contributed by atoms with Gasteiger partial charge in [-0.2, -0.15) is 0 Å². The third-order valence-electron chi connectivity index (χ3n) is 2.47. The number of ether oxygens (including phenoxy) is 1. The summed E-state index contributed by atoms with van der Waals surface area (Å²) in [6, 6.07) is 10.1. The minimum atomic E-state index is 0.0661. The van der Waals surface area contributed by atoms with Crippen LogP contribution in [0, 0.1) is 0 Å². The summed E-state index contributed by atoms with van der Waals surface area (Å²) < 4.78 is 5.29. The van der Waals surface area contributed by atoms with Gasteiger partial charge >= 0.3 is 0 Å². The van der Waals surface area contributed by atoms with Crippen LogP contribution in [0.1, 0.15) is 18.5 Å². The lowest BCUT2D eigenvalue weighted by Gasteiger charge is -2.20. The fourth-order valence-corrected chi connectivity index (χ4v) is 1.70. The SMILES string of the molecule is CC(=O)N1COCC1c1ccccc1. The van der Waals surface area contributed by atoms with E-state index in [0.717, 1.165) is 5.56 Å². The van der Waals surface area contributed by atoms with Gasteiger partial charge in [0.1, 0.15) is 6.73 Å². The Morgan fingerprint density at radius 3 is 2.79 bits per heavy atom. The minimum Gasteiger partial charge on any atom is -0.359 e. The number of hydrogen-bond donors (Lipinski definition) is 0. The van der Waals surface area contributed by atoms with Gasteiger partial charge in [-0.1, -0.05) is 30.3 Å². The largest absolute Gasteiger partial charge is 0.359 e. The summed E-state index contributed by atoms with van der Waals surface area (Å²) in [5.41, 5.74) is 1.14. The standard InChI is InChI=1S/C11H13NO2/c1-9(13)12-8-14-7-11(12)10-5-3-2-4-6-10/h2-6,11H,7-8H2,1H3. The highest BCUT2D eigenvalue weighted by molar-refractivity contribution is 5.74. The van der Waals surface area contributed by atoms with Crippen LogP contribution in [0.15, 0.2) is 30.3 Å². The van der Waals surface area contributed by atoms with Crippen molar-refractivity contribution in [1.82, 2.24) is 4.90 Å². The van der Waals surface area contributed by atoms with Gasteiger partial charge in [-0.3, -0.25) is 4.79 Å². The van der Waals surface area contributed by atoms with Crippen molar-refractivity contribution in [1.29, 1.82) is 0 Å². The summed E-state index contributed by atoms with van der Waals surface area (Å²) >= 11 is 0. The first kappa shape index (κ1) is 9.21. The number of hydrogen-bond acceptors (Lipinski definition) is 2. The third kappa shape index (κ3) is 1.63. The van der Waals surface area contributed by atoms with Crippen molar-refractivity contribution >= 4 is 5.91 Å². The van der Waals surface area contributed by atoms with Crippen molar-refractivity contribution in [2.75, 3.05) is 13.3 Å². The second kappa shape index (κ2) is 3.80. The van der Waals surface area contributed by atoms with Gasteiger partial charge in [0.15, 0.2) is 0 Å². The van der Waals surface area contributed by atoms with Crippen molar-refractivity contribution in [3.05, 3.63) is 35.9 Å². The maximum Gasteiger partial charge on any atom is 0.221 e. The van der Waals surface area contributed by atoms with Crippen LogP contribution in [0.3, 0.4) is 0 Å². The normalized spacial score (nSPS) is 21.2. The topological polar surface area (TPSA) is 29.5 Å². The van der Waals surface area contributed by atoms with E-state index in [9.17, 15) is 4.79 Å². The molecule has 1 aromatic carbocycles. The molecule has 0 saturated carbocycles. The third-order valence-corrected chi connectivity index (χ3v) is 2.47. The molecule has 0 aliphatic carbocycles. The molecule has 1 aliphatic heterocycles. The van der Waals surface area contributed by atoms with E-state index < -0.39 is 0 Å². The predicted octanol–water partition coefficient (Wildman–Crippen LogP) is 1.56. The molecule has 1 aliphatic rings. The van der Waals surface area contributed by atoms with Crippen molar-refractivity contribution in [3.8, 4) is 0 Å². The molecular formula is C11H13NO2. The highest BCUT2D eigenvalue weighted by Crippen LogP contribution is 2.25. The first-order valence-electron chi connectivity index (χ1n) is 4.69. The molecule has 1 unspecified atom stereocenters. The first-order valence-corrected chi connectivity index (χ1v) is 4.69. The maximum absolute atomic E-state index is 11.3. The zero-order chi connectivity index (χ0) is 9.97. The summed E-state index contributed by atoms with van der Waals surface area (Å²) in [6.45, 7) is 2.59. The fraction of sp³-hybridized carbons (Fsp3) is 0.364. The molecule has 2 rings (SSSR count). The Morgan fingerprint density at radius 2 is 2.14 bits per heavy atom. The van der Waals surface area contributed by atoms with Gasteiger partial charge in [0.05, 0.1) is 12.6 Å². The fourth-order valence-electron chi connectivity index (χ4n) is 1.70. The summed E-state index contributed by atoms with van der Waals surface area (Å²) in [7, 11) is 0. The lowest BCUT2D eigenvalue weighted by molar-refractivity contribution is -0.130. The maximum atomic E-state index is 11.3. The van der Waals surface area contributed by atoms with Gasteiger partial charge in [0, 0.05) is 6.92 Å². The molecule has 1 fully saturated rings. The van der Waals surface area contributed by atoms with Crippen LogP contribution in [-0.4, -0.2) is 24.1 Å². The first-order chi connectivity index (χ1) is 6.79. The van der Waals surface area contributed by atoms with Gasteiger partial charge in [0.25, 0.3) is 0 Å². The number of amides is 1. The monoisotopic (exact) mass is 191 g/mol. The molecule has 0 aromatic heterocycles. The molecule has 3 nitrogen and oxygen atoms in total. The van der Waals surface area contributed by atoms with Gasteiger partial charge in [-0.15, -0.1) is 0 Å². The second-order valence-corrected chi connectivity index (χ2v) is 3.42. The van der Waals surface area contributed by atoms with E-state index in [1.807, 2.05) is 30.3 Å². The van der Waals surface area contributed by atoms with Crippen LogP contribution in [0.25, 0.3) is 0 Å². The average Bonchev–Trinajstić information content (AvgIpc) is 2.67. The Kier molecular flexibility index (Phi) is 2.50. The van der Waals surface area contributed by atoms with Crippen LogP contribution < -0.4 is 0 Å². The molecule has 0 N–H and O–H groups in total. The smallest absolute Gasteiger partial charge is 0.221 e. The minimum absolute atomic E-state index is 0.0661. The second-order valence-electron chi connectivity index (χ2n) is 3.42. The summed E-state index contributed by atoms with van der Waals surface area (Å²) in [5, 5.41) is 0. The Balaban J connectivity index is 2.22. The molecule has 1 saturated heterocycles. The molecule has 0 spiro atoms. The van der Waals surface area contributed by atoms with E-state index in [-0.39, 0.29) is 11.9 Å². The van der Waals surface area contributed by atoms with Gasteiger partial charge in [-0.25, -0.2) is 0 Å². The Labute approximate surface area is 83.3 Å². The molecule has 74 valence electrons. The van der Waals surface area contributed by atoms with Gasteiger partial charge < -0.3 is 9.64 Å². The predicted molar refractivity (Wildman–Crippen MR) is 52.5 cm³/mol. The number of rotatable bonds is 1. The van der Waals surface area contributed by atoms with Crippen LogP contribution in [-0.2, 0) is 9.53 Å². The summed E-state index contributed by atoms with van der Waals surface area (Å²) in [6.07, 6.45) is 0. The van der Waals surface area contributed by atoms with Gasteiger partial charge in [0.2, 0.25) is 5.91 Å². The molecule has 0 bridgehead atoms. The molecule has 3 heteroatoms. The van der Waals surface area contributed by atoms with Crippen molar-refractivity contribution in [2.24, 2.45) is 0 Å². The van der Waals surface area contributed by atoms with Crippen LogP contribution in [0.4, 0.5) is 0 Å². The highest BCUT2D eigenvalue weighted by atomic mass is 16.5. The lowest BCUT2D eigenvalue weighted by atomic mass is 10.1. The molecule has 1 heterocycles. The molecule has 1 atom stereocenters. The van der Waals surface area contributed by atoms with E-state index in [2.05, 4.69) is 0 Å². The van der Waals surface area contributed by atoms with Crippen molar-refractivity contribution in [3.63, 3.8) is 0 Å². The highest BCUT2D eigenvalue weighted by Gasteiger charge is 2.28. The Hall–Kier alpha value is -1.35. The average molecular weight is 191 g/mol. The van der Waals surface area contributed by atoms with E-state index in [1.165, 1.54) is 0 Å². The molecule has 14 heavy (non-hydrogen) atoms. The number of nitrogens with zero attached hydrogens (tertiary/aromatic N) is 1. The number of carbonyl (C=O) groups excluding carboxylic acids is 1. The number of benzene rings is 1. The molecule has 1 aromatic rings. The van der Waals surface area contributed by atoms with Gasteiger partial charge in [-0.05, 0) is 5.56 Å². The van der Waals surface area contributed by atoms with E-state index in [4.69, 9.17) is 4.74 Å². The van der Waals surface area contributed by atoms with E-state index in [1.54, 1.807) is 11.8 Å². The number of carbonyl (C=O) groups is 1. The molecule has 1 amide bonds.